The number of carbonyl (C=O) groups excluding carboxylic acids is 1. The van der Waals surface area contributed by atoms with E-state index in [4.69, 9.17) is 5.21 Å². The van der Waals surface area contributed by atoms with Gasteiger partial charge in [-0.1, -0.05) is 12.1 Å². The van der Waals surface area contributed by atoms with Crippen LogP contribution >= 0.6 is 0 Å². The Morgan fingerprint density at radius 3 is 2.17 bits per heavy atom. The van der Waals surface area contributed by atoms with E-state index in [1.165, 1.54) is 40.1 Å². The number of sulfonamides is 1. The third kappa shape index (κ3) is 4.82. The number of piperazine rings is 1. The van der Waals surface area contributed by atoms with Crippen LogP contribution in [0, 0.1) is 10.1 Å². The first-order chi connectivity index (χ1) is 14.3. The smallest absolute Gasteiger partial charge is 0.269 e. The number of non-ortho nitro benzene ring substituents is 1. The van der Waals surface area contributed by atoms with E-state index in [0.29, 0.717) is 18.7 Å². The second-order valence-corrected chi connectivity index (χ2v) is 8.48. The molecular weight excluding hydrogens is 412 g/mol. The van der Waals surface area contributed by atoms with Crippen molar-refractivity contribution < 1.29 is 23.3 Å². The molecule has 0 radical (unpaired) electrons. The SMILES string of the molecule is O=C(C=Cc1ccc(S(=O)(=O)N2CCN(c3ccc([N+](=O)[O-])cc3)CC2)cc1)NO. The maximum absolute atomic E-state index is 12.9. The highest BCUT2D eigenvalue weighted by molar-refractivity contribution is 7.89. The van der Waals surface area contributed by atoms with E-state index in [-0.39, 0.29) is 23.7 Å². The summed E-state index contributed by atoms with van der Waals surface area (Å²) in [4.78, 5) is 23.4. The van der Waals surface area contributed by atoms with Gasteiger partial charge in [-0.25, -0.2) is 13.9 Å². The number of nitro groups is 1. The first-order valence-electron chi connectivity index (χ1n) is 9.03. The fraction of sp³-hybridized carbons (Fsp3) is 0.211. The second kappa shape index (κ2) is 9.03. The number of benzene rings is 2. The molecule has 0 aliphatic carbocycles. The van der Waals surface area contributed by atoms with Crippen molar-refractivity contribution in [1.29, 1.82) is 0 Å². The minimum atomic E-state index is -3.66. The van der Waals surface area contributed by atoms with Crippen LogP contribution in [0.25, 0.3) is 6.08 Å². The predicted octanol–water partition coefficient (Wildman–Crippen LogP) is 1.62. The monoisotopic (exact) mass is 432 g/mol. The molecule has 1 heterocycles. The lowest BCUT2D eigenvalue weighted by Crippen LogP contribution is -2.48. The van der Waals surface area contributed by atoms with Gasteiger partial charge in [0.1, 0.15) is 0 Å². The van der Waals surface area contributed by atoms with Crippen molar-refractivity contribution in [2.24, 2.45) is 0 Å². The molecule has 2 N–H and O–H groups in total. The lowest BCUT2D eigenvalue weighted by molar-refractivity contribution is -0.384. The lowest BCUT2D eigenvalue weighted by atomic mass is 10.2. The molecule has 1 aliphatic heterocycles. The summed E-state index contributed by atoms with van der Waals surface area (Å²) in [6.45, 7) is 1.51. The number of carbonyl (C=O) groups is 1. The van der Waals surface area contributed by atoms with Crippen molar-refractivity contribution in [3.8, 4) is 0 Å². The summed E-state index contributed by atoms with van der Waals surface area (Å²) in [5, 5.41) is 19.2. The fourth-order valence-electron chi connectivity index (χ4n) is 3.08. The van der Waals surface area contributed by atoms with Crippen molar-refractivity contribution in [2.75, 3.05) is 31.1 Å². The van der Waals surface area contributed by atoms with Gasteiger partial charge in [0.25, 0.3) is 11.6 Å². The average molecular weight is 432 g/mol. The Morgan fingerprint density at radius 1 is 1.03 bits per heavy atom. The van der Waals surface area contributed by atoms with Crippen LogP contribution < -0.4 is 10.4 Å². The Morgan fingerprint density at radius 2 is 1.63 bits per heavy atom. The van der Waals surface area contributed by atoms with Crippen molar-refractivity contribution in [3.63, 3.8) is 0 Å². The van der Waals surface area contributed by atoms with Crippen LogP contribution in [0.5, 0.6) is 0 Å². The van der Waals surface area contributed by atoms with Crippen LogP contribution in [-0.2, 0) is 14.8 Å². The van der Waals surface area contributed by atoms with Gasteiger partial charge in [0, 0.05) is 50.1 Å². The number of nitro benzene ring substituents is 1. The third-order valence-corrected chi connectivity index (χ3v) is 6.63. The Bertz CT molecular complexity index is 1040. The molecule has 2 aromatic carbocycles. The molecule has 11 heteroatoms. The number of nitrogens with one attached hydrogen (secondary N) is 1. The van der Waals surface area contributed by atoms with Crippen LogP contribution in [0.15, 0.2) is 59.5 Å². The van der Waals surface area contributed by atoms with Gasteiger partial charge in [0.2, 0.25) is 10.0 Å². The predicted molar refractivity (Wildman–Crippen MR) is 109 cm³/mol. The van der Waals surface area contributed by atoms with Crippen LogP contribution in [0.2, 0.25) is 0 Å². The molecule has 30 heavy (non-hydrogen) atoms. The fourth-order valence-corrected chi connectivity index (χ4v) is 4.50. The summed E-state index contributed by atoms with van der Waals surface area (Å²) >= 11 is 0. The minimum Gasteiger partial charge on any atom is -0.369 e. The maximum atomic E-state index is 12.9. The summed E-state index contributed by atoms with van der Waals surface area (Å²) in [5.74, 6) is -0.683. The van der Waals surface area contributed by atoms with Gasteiger partial charge in [-0.05, 0) is 35.9 Å². The summed E-state index contributed by atoms with van der Waals surface area (Å²) < 4.78 is 27.2. The van der Waals surface area contributed by atoms with Gasteiger partial charge in [-0.2, -0.15) is 4.31 Å². The van der Waals surface area contributed by atoms with Crippen LogP contribution in [-0.4, -0.2) is 54.9 Å². The molecule has 3 rings (SSSR count). The zero-order chi connectivity index (χ0) is 21.7. The van der Waals surface area contributed by atoms with Gasteiger partial charge in [0.15, 0.2) is 0 Å². The van der Waals surface area contributed by atoms with E-state index < -0.39 is 20.9 Å². The molecular formula is C19H20N4O6S. The molecule has 1 aliphatic rings. The molecule has 0 aromatic heterocycles. The molecule has 1 amide bonds. The lowest BCUT2D eigenvalue weighted by Gasteiger charge is -2.35. The van der Waals surface area contributed by atoms with E-state index in [0.717, 1.165) is 11.8 Å². The number of hydrogen-bond donors (Lipinski definition) is 2. The van der Waals surface area contributed by atoms with Crippen molar-refractivity contribution in [1.82, 2.24) is 9.79 Å². The minimum absolute atomic E-state index is 0.00949. The maximum Gasteiger partial charge on any atom is 0.269 e. The van der Waals surface area contributed by atoms with Crippen molar-refractivity contribution in [2.45, 2.75) is 4.90 Å². The number of hydrogen-bond acceptors (Lipinski definition) is 7. The normalized spacial score (nSPS) is 15.3. The molecule has 1 fully saturated rings. The molecule has 158 valence electrons. The topological polar surface area (TPSA) is 133 Å². The van der Waals surface area contributed by atoms with E-state index in [1.54, 1.807) is 24.3 Å². The highest BCUT2D eigenvalue weighted by Gasteiger charge is 2.28. The quantitative estimate of drug-likeness (QED) is 0.307. The molecule has 10 nitrogen and oxygen atoms in total. The highest BCUT2D eigenvalue weighted by Crippen LogP contribution is 2.23. The standard InChI is InChI=1S/C19H20N4O6S/c24-19(20-25)10-3-15-1-8-18(9-2-15)30(28,29)22-13-11-21(12-14-22)16-4-6-17(7-5-16)23(26)27/h1-10,25H,11-14H2,(H,20,24). The van der Waals surface area contributed by atoms with Gasteiger partial charge < -0.3 is 4.90 Å². The number of hydroxylamine groups is 1. The van der Waals surface area contributed by atoms with Gasteiger partial charge in [-0.15, -0.1) is 0 Å². The number of rotatable bonds is 6. The molecule has 1 saturated heterocycles. The van der Waals surface area contributed by atoms with E-state index >= 15 is 0 Å². The number of anilines is 1. The summed E-state index contributed by atoms with van der Waals surface area (Å²) in [5.41, 5.74) is 2.90. The highest BCUT2D eigenvalue weighted by atomic mass is 32.2. The van der Waals surface area contributed by atoms with Gasteiger partial charge >= 0.3 is 0 Å². The second-order valence-electron chi connectivity index (χ2n) is 6.54. The molecule has 0 unspecified atom stereocenters. The van der Waals surface area contributed by atoms with E-state index in [2.05, 4.69) is 0 Å². The van der Waals surface area contributed by atoms with Crippen LogP contribution in [0.3, 0.4) is 0 Å². The zero-order valence-corrected chi connectivity index (χ0v) is 16.7. The molecule has 0 spiro atoms. The summed E-state index contributed by atoms with van der Waals surface area (Å²) in [6.07, 6.45) is 2.58. The Hall–Kier alpha value is -3.28. The summed E-state index contributed by atoms with van der Waals surface area (Å²) in [7, 11) is -3.66. The first-order valence-corrected chi connectivity index (χ1v) is 10.5. The molecule has 2 aromatic rings. The zero-order valence-electron chi connectivity index (χ0n) is 15.8. The van der Waals surface area contributed by atoms with E-state index in [9.17, 15) is 23.3 Å². The van der Waals surface area contributed by atoms with Gasteiger partial charge in [-0.3, -0.25) is 20.1 Å². The molecule has 0 bridgehead atoms. The summed E-state index contributed by atoms with van der Waals surface area (Å²) in [6, 6.07) is 12.2. The Labute approximate surface area is 173 Å². The number of amides is 1. The first kappa shape index (κ1) is 21.4. The molecule has 0 saturated carbocycles. The van der Waals surface area contributed by atoms with Crippen molar-refractivity contribution >= 4 is 33.4 Å². The molecule has 0 atom stereocenters. The number of nitrogens with zero attached hydrogens (tertiary/aromatic N) is 3. The van der Waals surface area contributed by atoms with Crippen LogP contribution in [0.1, 0.15) is 5.56 Å². The third-order valence-electron chi connectivity index (χ3n) is 4.72. The van der Waals surface area contributed by atoms with Gasteiger partial charge in [0.05, 0.1) is 9.82 Å². The Kier molecular flexibility index (Phi) is 6.45. The largest absolute Gasteiger partial charge is 0.369 e. The average Bonchev–Trinajstić information content (AvgIpc) is 2.78. The van der Waals surface area contributed by atoms with Crippen LogP contribution in [0.4, 0.5) is 11.4 Å². The van der Waals surface area contributed by atoms with Crippen molar-refractivity contribution in [3.05, 3.63) is 70.3 Å². The van der Waals surface area contributed by atoms with E-state index in [1.807, 2.05) is 4.90 Å². The Balaban J connectivity index is 1.64.